The lowest BCUT2D eigenvalue weighted by Gasteiger charge is -1.98. The standard InChI is InChI=1S/C10H10N2O4/c1-7-5-8(12(15)16)6-11-9(7)3-2-4-10(13)14/h2-3,5-6H,4H2,1H3,(H,13,14). The minimum atomic E-state index is -0.934. The summed E-state index contributed by atoms with van der Waals surface area (Å²) in [5, 5.41) is 18.9. The maximum Gasteiger partial charge on any atom is 0.307 e. The Morgan fingerprint density at radius 1 is 1.69 bits per heavy atom. The first kappa shape index (κ1) is 11.8. The van der Waals surface area contributed by atoms with E-state index < -0.39 is 10.9 Å². The molecule has 0 atom stereocenters. The number of aryl methyl sites for hydroxylation is 1. The topological polar surface area (TPSA) is 93.3 Å². The number of aromatic nitrogens is 1. The van der Waals surface area contributed by atoms with Crippen LogP contribution < -0.4 is 0 Å². The van der Waals surface area contributed by atoms with Gasteiger partial charge < -0.3 is 5.11 Å². The lowest BCUT2D eigenvalue weighted by atomic mass is 10.2. The zero-order valence-corrected chi connectivity index (χ0v) is 8.58. The normalized spacial score (nSPS) is 10.6. The van der Waals surface area contributed by atoms with Gasteiger partial charge in [-0.25, -0.2) is 4.98 Å². The molecular formula is C10H10N2O4. The first-order valence-electron chi connectivity index (χ1n) is 4.50. The van der Waals surface area contributed by atoms with Gasteiger partial charge in [0.15, 0.2) is 0 Å². The zero-order chi connectivity index (χ0) is 12.1. The van der Waals surface area contributed by atoms with Crippen LogP contribution in [0.25, 0.3) is 6.08 Å². The zero-order valence-electron chi connectivity index (χ0n) is 8.58. The Kier molecular flexibility index (Phi) is 3.71. The molecule has 1 aromatic heterocycles. The highest BCUT2D eigenvalue weighted by atomic mass is 16.6. The highest BCUT2D eigenvalue weighted by molar-refractivity contribution is 5.70. The van der Waals surface area contributed by atoms with E-state index in [4.69, 9.17) is 5.11 Å². The Morgan fingerprint density at radius 3 is 2.88 bits per heavy atom. The summed E-state index contributed by atoms with van der Waals surface area (Å²) in [6, 6.07) is 1.40. The van der Waals surface area contributed by atoms with E-state index in [0.29, 0.717) is 11.3 Å². The van der Waals surface area contributed by atoms with Crippen LogP contribution >= 0.6 is 0 Å². The van der Waals surface area contributed by atoms with Gasteiger partial charge in [-0.2, -0.15) is 0 Å². The van der Waals surface area contributed by atoms with Gasteiger partial charge >= 0.3 is 5.97 Å². The average Bonchev–Trinajstić information content (AvgIpc) is 2.19. The molecule has 1 rings (SSSR count). The van der Waals surface area contributed by atoms with Gasteiger partial charge in [-0.05, 0) is 18.6 Å². The van der Waals surface area contributed by atoms with E-state index in [-0.39, 0.29) is 12.1 Å². The second-order valence-corrected chi connectivity index (χ2v) is 3.15. The number of carboxylic acid groups (broad SMARTS) is 1. The van der Waals surface area contributed by atoms with Gasteiger partial charge in [0.05, 0.1) is 17.0 Å². The average molecular weight is 222 g/mol. The molecule has 0 amide bonds. The van der Waals surface area contributed by atoms with Crippen LogP contribution in [0.1, 0.15) is 17.7 Å². The highest BCUT2D eigenvalue weighted by Gasteiger charge is 2.07. The summed E-state index contributed by atoms with van der Waals surface area (Å²) >= 11 is 0. The minimum Gasteiger partial charge on any atom is -0.481 e. The molecule has 16 heavy (non-hydrogen) atoms. The van der Waals surface area contributed by atoms with Gasteiger partial charge in [-0.3, -0.25) is 14.9 Å². The summed E-state index contributed by atoms with van der Waals surface area (Å²) in [4.78, 5) is 24.0. The number of nitrogens with zero attached hydrogens (tertiary/aromatic N) is 2. The summed E-state index contributed by atoms with van der Waals surface area (Å²) in [5.74, 6) is -0.934. The number of nitro groups is 1. The fourth-order valence-electron chi connectivity index (χ4n) is 1.12. The molecule has 0 unspecified atom stereocenters. The van der Waals surface area contributed by atoms with Crippen molar-refractivity contribution < 1.29 is 14.8 Å². The maximum atomic E-state index is 10.4. The van der Waals surface area contributed by atoms with Crippen LogP contribution in [0.2, 0.25) is 0 Å². The molecule has 1 heterocycles. The summed E-state index contributed by atoms with van der Waals surface area (Å²) in [5.41, 5.74) is 1.09. The number of carbonyl (C=O) groups is 1. The SMILES string of the molecule is Cc1cc([N+](=O)[O-])cnc1C=CCC(=O)O. The molecular weight excluding hydrogens is 212 g/mol. The molecule has 84 valence electrons. The smallest absolute Gasteiger partial charge is 0.307 e. The van der Waals surface area contributed by atoms with Crippen molar-refractivity contribution in [2.45, 2.75) is 13.3 Å². The van der Waals surface area contributed by atoms with E-state index in [1.54, 1.807) is 6.92 Å². The molecule has 0 radical (unpaired) electrons. The van der Waals surface area contributed by atoms with Crippen molar-refractivity contribution in [1.82, 2.24) is 4.98 Å². The van der Waals surface area contributed by atoms with Crippen molar-refractivity contribution in [3.05, 3.63) is 39.7 Å². The van der Waals surface area contributed by atoms with Crippen LogP contribution in [-0.2, 0) is 4.79 Å². The molecule has 0 aromatic carbocycles. The molecule has 0 aliphatic heterocycles. The molecule has 0 fully saturated rings. The van der Waals surface area contributed by atoms with Crippen LogP contribution in [0, 0.1) is 17.0 Å². The van der Waals surface area contributed by atoms with E-state index in [9.17, 15) is 14.9 Å². The second kappa shape index (κ2) is 5.01. The Balaban J connectivity index is 2.87. The van der Waals surface area contributed by atoms with Crippen molar-refractivity contribution in [3.8, 4) is 0 Å². The predicted molar refractivity (Wildman–Crippen MR) is 56.9 cm³/mol. The fraction of sp³-hybridized carbons (Fsp3) is 0.200. The monoisotopic (exact) mass is 222 g/mol. The molecule has 0 aliphatic carbocycles. The number of hydrogen-bond acceptors (Lipinski definition) is 4. The molecule has 0 spiro atoms. The summed E-state index contributed by atoms with van der Waals surface area (Å²) < 4.78 is 0. The van der Waals surface area contributed by atoms with Crippen LogP contribution in [0.3, 0.4) is 0 Å². The Hall–Kier alpha value is -2.24. The summed E-state index contributed by atoms with van der Waals surface area (Å²) in [7, 11) is 0. The third-order valence-corrected chi connectivity index (χ3v) is 1.88. The maximum absolute atomic E-state index is 10.4. The first-order valence-corrected chi connectivity index (χ1v) is 4.50. The number of hydrogen-bond donors (Lipinski definition) is 1. The lowest BCUT2D eigenvalue weighted by molar-refractivity contribution is -0.385. The summed E-state index contributed by atoms with van der Waals surface area (Å²) in [6.45, 7) is 1.68. The highest BCUT2D eigenvalue weighted by Crippen LogP contribution is 2.15. The molecule has 1 N–H and O–H groups in total. The quantitative estimate of drug-likeness (QED) is 0.619. The molecule has 0 saturated heterocycles. The first-order chi connectivity index (χ1) is 7.50. The van der Waals surface area contributed by atoms with Gasteiger partial charge in [0.1, 0.15) is 6.20 Å². The third kappa shape index (κ3) is 3.16. The van der Waals surface area contributed by atoms with Crippen molar-refractivity contribution in [2.24, 2.45) is 0 Å². The Morgan fingerprint density at radius 2 is 2.38 bits per heavy atom. The molecule has 6 nitrogen and oxygen atoms in total. The number of rotatable bonds is 4. The van der Waals surface area contributed by atoms with Gasteiger partial charge in [0, 0.05) is 6.07 Å². The summed E-state index contributed by atoms with van der Waals surface area (Å²) in [6.07, 6.45) is 4.03. The molecule has 0 saturated carbocycles. The van der Waals surface area contributed by atoms with E-state index in [1.807, 2.05) is 0 Å². The molecule has 1 aromatic rings. The third-order valence-electron chi connectivity index (χ3n) is 1.88. The van der Waals surface area contributed by atoms with E-state index >= 15 is 0 Å². The van der Waals surface area contributed by atoms with Crippen LogP contribution in [0.4, 0.5) is 5.69 Å². The van der Waals surface area contributed by atoms with Crippen molar-refractivity contribution in [3.63, 3.8) is 0 Å². The van der Waals surface area contributed by atoms with Crippen molar-refractivity contribution in [2.75, 3.05) is 0 Å². The minimum absolute atomic E-state index is 0.0760. The largest absolute Gasteiger partial charge is 0.481 e. The van der Waals surface area contributed by atoms with E-state index in [2.05, 4.69) is 4.98 Å². The van der Waals surface area contributed by atoms with Crippen LogP contribution in [-0.4, -0.2) is 21.0 Å². The van der Waals surface area contributed by atoms with Gasteiger partial charge in [-0.1, -0.05) is 6.08 Å². The molecule has 0 aliphatic rings. The molecule has 0 bridgehead atoms. The van der Waals surface area contributed by atoms with Gasteiger partial charge in [-0.15, -0.1) is 0 Å². The Labute approximate surface area is 91.4 Å². The van der Waals surface area contributed by atoms with E-state index in [1.165, 1.54) is 18.2 Å². The van der Waals surface area contributed by atoms with Gasteiger partial charge in [0.25, 0.3) is 5.69 Å². The van der Waals surface area contributed by atoms with E-state index in [0.717, 1.165) is 6.20 Å². The van der Waals surface area contributed by atoms with Crippen molar-refractivity contribution in [1.29, 1.82) is 0 Å². The van der Waals surface area contributed by atoms with Crippen LogP contribution in [0.5, 0.6) is 0 Å². The van der Waals surface area contributed by atoms with Crippen molar-refractivity contribution >= 4 is 17.7 Å². The number of pyridine rings is 1. The molecule has 6 heteroatoms. The number of carboxylic acids is 1. The van der Waals surface area contributed by atoms with Crippen LogP contribution in [0.15, 0.2) is 18.3 Å². The lowest BCUT2D eigenvalue weighted by Crippen LogP contribution is -1.94. The second-order valence-electron chi connectivity index (χ2n) is 3.15. The fourth-order valence-corrected chi connectivity index (χ4v) is 1.12. The van der Waals surface area contributed by atoms with Gasteiger partial charge in [0.2, 0.25) is 0 Å². The number of aliphatic carboxylic acids is 1. The predicted octanol–water partition coefficient (Wildman–Crippen LogP) is 1.79. The Bertz CT molecular complexity index is 454.